The van der Waals surface area contributed by atoms with Crippen LogP contribution >= 0.6 is 0 Å². The van der Waals surface area contributed by atoms with Crippen molar-refractivity contribution >= 4 is 5.78 Å². The highest BCUT2D eigenvalue weighted by atomic mass is 16.1. The molecule has 16 heavy (non-hydrogen) atoms. The first kappa shape index (κ1) is 11.3. The molecule has 2 rings (SSSR count). The number of rotatable bonds is 3. The number of Topliss-reactive ketones (excluding diaryl/α,β-unsaturated/α-hetero) is 1. The summed E-state index contributed by atoms with van der Waals surface area (Å²) in [5.41, 5.74) is 1.10. The predicted molar refractivity (Wildman–Crippen MR) is 61.9 cm³/mol. The number of carbonyl (C=O) groups is 1. The quantitative estimate of drug-likeness (QED) is 0.773. The molecule has 0 amide bonds. The number of ketones is 1. The molecule has 0 aliphatic heterocycles. The van der Waals surface area contributed by atoms with E-state index in [9.17, 15) is 4.79 Å². The molecule has 0 atom stereocenters. The number of carbonyl (C=O) groups excluding carboxylic acids is 1. The molecule has 1 heterocycles. The Kier molecular flexibility index (Phi) is 3.39. The van der Waals surface area contributed by atoms with Gasteiger partial charge in [0.15, 0.2) is 0 Å². The zero-order chi connectivity index (χ0) is 11.5. The molecule has 1 aliphatic rings. The molecule has 0 radical (unpaired) electrons. The van der Waals surface area contributed by atoms with Crippen LogP contribution in [0.4, 0.5) is 0 Å². The van der Waals surface area contributed by atoms with Gasteiger partial charge in [0, 0.05) is 38.7 Å². The highest BCUT2D eigenvalue weighted by Gasteiger charge is 2.22. The lowest BCUT2D eigenvalue weighted by Gasteiger charge is -2.30. The summed E-state index contributed by atoms with van der Waals surface area (Å²) >= 11 is 0. The Morgan fingerprint density at radius 1 is 1.50 bits per heavy atom. The molecule has 4 nitrogen and oxygen atoms in total. The number of hydrogen-bond donors (Lipinski definition) is 0. The van der Waals surface area contributed by atoms with Crippen LogP contribution in [0, 0.1) is 0 Å². The van der Waals surface area contributed by atoms with E-state index in [2.05, 4.69) is 17.0 Å². The van der Waals surface area contributed by atoms with Crippen molar-refractivity contribution in [2.75, 3.05) is 7.05 Å². The molecule has 0 aromatic carbocycles. The van der Waals surface area contributed by atoms with Crippen LogP contribution in [0.2, 0.25) is 0 Å². The van der Waals surface area contributed by atoms with Crippen LogP contribution in [0.25, 0.3) is 0 Å². The van der Waals surface area contributed by atoms with Gasteiger partial charge in [0.25, 0.3) is 0 Å². The van der Waals surface area contributed by atoms with E-state index in [0.29, 0.717) is 11.8 Å². The van der Waals surface area contributed by atoms with Crippen molar-refractivity contribution in [1.82, 2.24) is 14.7 Å². The van der Waals surface area contributed by atoms with Crippen LogP contribution < -0.4 is 0 Å². The van der Waals surface area contributed by atoms with E-state index in [1.807, 2.05) is 24.0 Å². The smallest absolute Gasteiger partial charge is 0.133 e. The van der Waals surface area contributed by atoms with Crippen molar-refractivity contribution in [3.8, 4) is 0 Å². The second kappa shape index (κ2) is 4.78. The number of hydrogen-bond acceptors (Lipinski definition) is 3. The standard InChI is InChI=1S/C12H19N3O/c1-14(9-10-7-8-15(2)13-10)11-3-5-12(16)6-4-11/h7-8,11H,3-6,9H2,1-2H3. The van der Waals surface area contributed by atoms with Crippen molar-refractivity contribution in [2.24, 2.45) is 7.05 Å². The highest BCUT2D eigenvalue weighted by Crippen LogP contribution is 2.20. The second-order valence-electron chi connectivity index (χ2n) is 4.67. The molecule has 0 saturated heterocycles. The first-order valence-electron chi connectivity index (χ1n) is 5.85. The molecule has 88 valence electrons. The van der Waals surface area contributed by atoms with Crippen LogP contribution in [-0.2, 0) is 18.4 Å². The average Bonchev–Trinajstić information content (AvgIpc) is 2.65. The van der Waals surface area contributed by atoms with Crippen LogP contribution in [0.3, 0.4) is 0 Å². The lowest BCUT2D eigenvalue weighted by molar-refractivity contribution is -0.121. The van der Waals surface area contributed by atoms with E-state index in [1.54, 1.807) is 0 Å². The van der Waals surface area contributed by atoms with Crippen molar-refractivity contribution < 1.29 is 4.79 Å². The summed E-state index contributed by atoms with van der Waals surface area (Å²) in [6.07, 6.45) is 5.46. The van der Waals surface area contributed by atoms with Gasteiger partial charge >= 0.3 is 0 Å². The first-order chi connectivity index (χ1) is 7.65. The number of aryl methyl sites for hydroxylation is 1. The van der Waals surface area contributed by atoms with Crippen molar-refractivity contribution in [3.63, 3.8) is 0 Å². The number of nitrogens with zero attached hydrogens (tertiary/aromatic N) is 3. The first-order valence-corrected chi connectivity index (χ1v) is 5.85. The summed E-state index contributed by atoms with van der Waals surface area (Å²) in [4.78, 5) is 13.5. The van der Waals surface area contributed by atoms with Gasteiger partial charge in [-0.25, -0.2) is 0 Å². The molecular formula is C12H19N3O. The molecule has 1 saturated carbocycles. The topological polar surface area (TPSA) is 38.1 Å². The third kappa shape index (κ3) is 2.70. The molecular weight excluding hydrogens is 202 g/mol. The van der Waals surface area contributed by atoms with E-state index in [0.717, 1.165) is 37.9 Å². The van der Waals surface area contributed by atoms with Gasteiger partial charge in [-0.1, -0.05) is 0 Å². The lowest BCUT2D eigenvalue weighted by Crippen LogP contribution is -2.34. The molecule has 0 N–H and O–H groups in total. The van der Waals surface area contributed by atoms with Crippen molar-refractivity contribution in [2.45, 2.75) is 38.3 Å². The molecule has 1 fully saturated rings. The maximum atomic E-state index is 11.2. The molecule has 0 spiro atoms. The largest absolute Gasteiger partial charge is 0.300 e. The molecule has 0 unspecified atom stereocenters. The molecule has 0 bridgehead atoms. The van der Waals surface area contributed by atoms with Crippen molar-refractivity contribution in [3.05, 3.63) is 18.0 Å². The van der Waals surface area contributed by atoms with E-state index in [-0.39, 0.29) is 0 Å². The molecule has 1 aromatic heterocycles. The molecule has 4 heteroatoms. The fraction of sp³-hybridized carbons (Fsp3) is 0.667. The highest BCUT2D eigenvalue weighted by molar-refractivity contribution is 5.79. The van der Waals surface area contributed by atoms with Gasteiger partial charge in [-0.2, -0.15) is 5.10 Å². The third-order valence-electron chi connectivity index (χ3n) is 3.32. The van der Waals surface area contributed by atoms with E-state index < -0.39 is 0 Å². The van der Waals surface area contributed by atoms with Gasteiger partial charge in [0.1, 0.15) is 5.78 Å². The van der Waals surface area contributed by atoms with E-state index >= 15 is 0 Å². The normalized spacial score (nSPS) is 18.3. The lowest BCUT2D eigenvalue weighted by atomic mass is 9.93. The van der Waals surface area contributed by atoms with E-state index in [4.69, 9.17) is 0 Å². The minimum absolute atomic E-state index is 0.419. The zero-order valence-corrected chi connectivity index (χ0v) is 10.0. The Hall–Kier alpha value is -1.16. The van der Waals surface area contributed by atoms with Crippen molar-refractivity contribution in [1.29, 1.82) is 0 Å². The Labute approximate surface area is 96.2 Å². The predicted octanol–water partition coefficient (Wildman–Crippen LogP) is 1.36. The second-order valence-corrected chi connectivity index (χ2v) is 4.67. The molecule has 1 aliphatic carbocycles. The SMILES string of the molecule is CN(Cc1ccn(C)n1)C1CCC(=O)CC1. The summed E-state index contributed by atoms with van der Waals surface area (Å²) < 4.78 is 1.83. The van der Waals surface area contributed by atoms with Gasteiger partial charge < -0.3 is 0 Å². The fourth-order valence-corrected chi connectivity index (χ4v) is 2.30. The molecule has 1 aromatic rings. The van der Waals surface area contributed by atoms with E-state index in [1.165, 1.54) is 0 Å². The minimum atomic E-state index is 0.419. The summed E-state index contributed by atoms with van der Waals surface area (Å²) in [5.74, 6) is 0.419. The Morgan fingerprint density at radius 2 is 2.19 bits per heavy atom. The van der Waals surface area contributed by atoms with Crippen LogP contribution in [0.1, 0.15) is 31.4 Å². The van der Waals surface area contributed by atoms with Gasteiger partial charge in [-0.15, -0.1) is 0 Å². The maximum Gasteiger partial charge on any atom is 0.133 e. The Morgan fingerprint density at radius 3 is 2.75 bits per heavy atom. The minimum Gasteiger partial charge on any atom is -0.300 e. The summed E-state index contributed by atoms with van der Waals surface area (Å²) in [7, 11) is 4.05. The summed E-state index contributed by atoms with van der Waals surface area (Å²) in [6.45, 7) is 0.875. The van der Waals surface area contributed by atoms with Gasteiger partial charge in [0.05, 0.1) is 5.69 Å². The Bertz CT molecular complexity index is 362. The average molecular weight is 221 g/mol. The number of aromatic nitrogens is 2. The monoisotopic (exact) mass is 221 g/mol. The summed E-state index contributed by atoms with van der Waals surface area (Å²) in [5, 5.41) is 4.37. The zero-order valence-electron chi connectivity index (χ0n) is 10.0. The third-order valence-corrected chi connectivity index (χ3v) is 3.32. The van der Waals surface area contributed by atoms with Gasteiger partial charge in [-0.3, -0.25) is 14.4 Å². The van der Waals surface area contributed by atoms with Gasteiger partial charge in [-0.05, 0) is 26.0 Å². The van der Waals surface area contributed by atoms with Crippen LogP contribution in [0.15, 0.2) is 12.3 Å². The maximum absolute atomic E-state index is 11.2. The summed E-state index contributed by atoms with van der Waals surface area (Å²) in [6, 6.07) is 2.59. The van der Waals surface area contributed by atoms with Crippen LogP contribution in [0.5, 0.6) is 0 Å². The fourth-order valence-electron chi connectivity index (χ4n) is 2.30. The Balaban J connectivity index is 1.88. The van der Waals surface area contributed by atoms with Gasteiger partial charge in [0.2, 0.25) is 0 Å². The van der Waals surface area contributed by atoms with Crippen LogP contribution in [-0.4, -0.2) is 33.6 Å².